The number of amides is 3. The number of urea groups is 1. The minimum Gasteiger partial charge on any atom is -0.481 e. The summed E-state index contributed by atoms with van der Waals surface area (Å²) < 4.78 is 5.45. The van der Waals surface area contributed by atoms with Gasteiger partial charge in [-0.15, -0.1) is 0 Å². The molecule has 3 amide bonds. The molecule has 1 atom stereocenters. The molecule has 0 aromatic heterocycles. The van der Waals surface area contributed by atoms with Crippen LogP contribution in [0.1, 0.15) is 18.1 Å². The van der Waals surface area contributed by atoms with E-state index in [1.54, 1.807) is 25.1 Å². The molecule has 1 unspecified atom stereocenters. The smallest absolute Gasteiger partial charge is 0.321 e. The molecule has 0 saturated heterocycles. The largest absolute Gasteiger partial charge is 0.481 e. The van der Waals surface area contributed by atoms with Gasteiger partial charge in [-0.2, -0.15) is 5.26 Å². The Labute approximate surface area is 111 Å². The van der Waals surface area contributed by atoms with E-state index in [4.69, 9.17) is 10.00 Å². The van der Waals surface area contributed by atoms with Gasteiger partial charge in [-0.25, -0.2) is 4.79 Å². The number of aryl methyl sites for hydroxylation is 1. The molecular weight excluding hydrogens is 246 g/mol. The quantitative estimate of drug-likeness (QED) is 0.852. The maximum Gasteiger partial charge on any atom is 0.321 e. The summed E-state index contributed by atoms with van der Waals surface area (Å²) in [5.41, 5.74) is 1.25. The van der Waals surface area contributed by atoms with Gasteiger partial charge in [0.05, 0.1) is 11.6 Å². The van der Waals surface area contributed by atoms with Crippen molar-refractivity contribution in [2.45, 2.75) is 20.0 Å². The van der Waals surface area contributed by atoms with Gasteiger partial charge in [0.2, 0.25) is 0 Å². The maximum atomic E-state index is 11.6. The normalized spacial score (nSPS) is 11.1. The van der Waals surface area contributed by atoms with Gasteiger partial charge in [-0.1, -0.05) is 6.07 Å². The van der Waals surface area contributed by atoms with Crippen molar-refractivity contribution in [1.82, 2.24) is 10.6 Å². The van der Waals surface area contributed by atoms with Crippen LogP contribution < -0.4 is 15.4 Å². The summed E-state index contributed by atoms with van der Waals surface area (Å²) in [7, 11) is 1.41. The summed E-state index contributed by atoms with van der Waals surface area (Å²) in [6.45, 7) is 3.33. The number of carbonyl (C=O) groups excluding carboxylic acids is 2. The Hall–Kier alpha value is -2.55. The first-order valence-corrected chi connectivity index (χ1v) is 5.68. The third-order valence-electron chi connectivity index (χ3n) is 2.45. The van der Waals surface area contributed by atoms with Crippen molar-refractivity contribution < 1.29 is 14.3 Å². The molecule has 1 aromatic rings. The van der Waals surface area contributed by atoms with Crippen LogP contribution in [0.15, 0.2) is 18.2 Å². The number of ether oxygens (including phenoxy) is 1. The highest BCUT2D eigenvalue weighted by Crippen LogP contribution is 2.20. The lowest BCUT2D eigenvalue weighted by molar-refractivity contribution is -0.126. The standard InChI is InChI=1S/C13H15N3O3/c1-8-4-5-10(7-14)6-11(8)19-9(2)12(17)16-13(18)15-3/h4-6,9H,1-3H3,(H2,15,16,17,18). The second-order valence-electron chi connectivity index (χ2n) is 3.92. The zero-order chi connectivity index (χ0) is 14.4. The van der Waals surface area contributed by atoms with Crippen molar-refractivity contribution in [3.05, 3.63) is 29.3 Å². The number of nitrogens with zero attached hydrogens (tertiary/aromatic N) is 1. The molecule has 0 aliphatic carbocycles. The zero-order valence-electron chi connectivity index (χ0n) is 11.0. The van der Waals surface area contributed by atoms with Crippen molar-refractivity contribution in [3.8, 4) is 11.8 Å². The number of hydrogen-bond donors (Lipinski definition) is 2. The van der Waals surface area contributed by atoms with Crippen molar-refractivity contribution in [2.75, 3.05) is 7.05 Å². The Morgan fingerprint density at radius 2 is 2.11 bits per heavy atom. The molecule has 0 bridgehead atoms. The minimum absolute atomic E-state index is 0.443. The maximum absolute atomic E-state index is 11.6. The number of nitriles is 1. The molecule has 0 aliphatic rings. The van der Waals surface area contributed by atoms with E-state index in [1.165, 1.54) is 14.0 Å². The van der Waals surface area contributed by atoms with Gasteiger partial charge < -0.3 is 10.1 Å². The highest BCUT2D eigenvalue weighted by Gasteiger charge is 2.17. The van der Waals surface area contributed by atoms with Crippen molar-refractivity contribution >= 4 is 11.9 Å². The van der Waals surface area contributed by atoms with Gasteiger partial charge in [0.1, 0.15) is 5.75 Å². The molecule has 0 spiro atoms. The molecule has 1 rings (SSSR count). The first-order chi connectivity index (χ1) is 8.97. The lowest BCUT2D eigenvalue weighted by Gasteiger charge is -2.15. The van der Waals surface area contributed by atoms with Crippen LogP contribution >= 0.6 is 0 Å². The van der Waals surface area contributed by atoms with Crippen LogP contribution in [0.25, 0.3) is 0 Å². The average molecular weight is 261 g/mol. The third kappa shape index (κ3) is 4.00. The SMILES string of the molecule is CNC(=O)NC(=O)C(C)Oc1cc(C#N)ccc1C. The zero-order valence-corrected chi connectivity index (χ0v) is 11.0. The molecule has 2 N–H and O–H groups in total. The molecule has 1 aromatic carbocycles. The van der Waals surface area contributed by atoms with Crippen LogP contribution in [0.3, 0.4) is 0 Å². The van der Waals surface area contributed by atoms with Crippen molar-refractivity contribution in [3.63, 3.8) is 0 Å². The first-order valence-electron chi connectivity index (χ1n) is 5.68. The highest BCUT2D eigenvalue weighted by atomic mass is 16.5. The van der Waals surface area contributed by atoms with Gasteiger partial charge in [-0.05, 0) is 31.5 Å². The Kier molecular flexibility index (Phi) is 4.89. The van der Waals surface area contributed by atoms with E-state index >= 15 is 0 Å². The number of benzene rings is 1. The average Bonchev–Trinajstić information content (AvgIpc) is 2.40. The minimum atomic E-state index is -0.843. The molecule has 6 nitrogen and oxygen atoms in total. The van der Waals surface area contributed by atoms with Gasteiger partial charge in [0.25, 0.3) is 5.91 Å². The van der Waals surface area contributed by atoms with E-state index in [9.17, 15) is 9.59 Å². The van der Waals surface area contributed by atoms with E-state index in [-0.39, 0.29) is 0 Å². The van der Waals surface area contributed by atoms with Crippen molar-refractivity contribution in [2.24, 2.45) is 0 Å². The summed E-state index contributed by atoms with van der Waals surface area (Å²) in [6, 6.07) is 6.35. The topological polar surface area (TPSA) is 91.2 Å². The van der Waals surface area contributed by atoms with Crippen LogP contribution in [0.4, 0.5) is 4.79 Å². The summed E-state index contributed by atoms with van der Waals surface area (Å²) in [5, 5.41) is 13.2. The number of rotatable bonds is 3. The van der Waals surface area contributed by atoms with Crippen LogP contribution in [0, 0.1) is 18.3 Å². The Morgan fingerprint density at radius 3 is 2.68 bits per heavy atom. The molecule has 0 heterocycles. The molecule has 19 heavy (non-hydrogen) atoms. The summed E-state index contributed by atoms with van der Waals surface area (Å²) in [5.74, 6) is -0.111. The lowest BCUT2D eigenvalue weighted by atomic mass is 10.1. The van der Waals surface area contributed by atoms with Crippen LogP contribution in [-0.4, -0.2) is 25.1 Å². The second kappa shape index (κ2) is 6.40. The summed E-state index contributed by atoms with van der Waals surface area (Å²) >= 11 is 0. The fraction of sp³-hybridized carbons (Fsp3) is 0.308. The Morgan fingerprint density at radius 1 is 1.42 bits per heavy atom. The van der Waals surface area contributed by atoms with E-state index in [0.29, 0.717) is 11.3 Å². The van der Waals surface area contributed by atoms with Crippen molar-refractivity contribution in [1.29, 1.82) is 5.26 Å². The van der Waals surface area contributed by atoms with Crippen LogP contribution in [-0.2, 0) is 4.79 Å². The van der Waals surface area contributed by atoms with Gasteiger partial charge in [0, 0.05) is 7.05 Å². The number of nitrogens with one attached hydrogen (secondary N) is 2. The van der Waals surface area contributed by atoms with E-state index in [2.05, 4.69) is 10.6 Å². The first kappa shape index (κ1) is 14.5. The molecule has 0 aliphatic heterocycles. The molecular formula is C13H15N3O3. The summed E-state index contributed by atoms with van der Waals surface area (Å²) in [4.78, 5) is 22.6. The summed E-state index contributed by atoms with van der Waals surface area (Å²) in [6.07, 6.45) is -0.843. The number of carbonyl (C=O) groups is 2. The number of imide groups is 1. The highest BCUT2D eigenvalue weighted by molar-refractivity contribution is 5.96. The van der Waals surface area contributed by atoms with Crippen LogP contribution in [0.5, 0.6) is 5.75 Å². The predicted octanol–water partition coefficient (Wildman–Crippen LogP) is 1.09. The third-order valence-corrected chi connectivity index (χ3v) is 2.45. The Bertz CT molecular complexity index is 534. The van der Waals surface area contributed by atoms with E-state index in [1.807, 2.05) is 6.07 Å². The van der Waals surface area contributed by atoms with Crippen LogP contribution in [0.2, 0.25) is 0 Å². The predicted molar refractivity (Wildman–Crippen MR) is 68.6 cm³/mol. The monoisotopic (exact) mass is 261 g/mol. The van der Waals surface area contributed by atoms with E-state index in [0.717, 1.165) is 5.56 Å². The fourth-order valence-corrected chi connectivity index (χ4v) is 1.32. The van der Waals surface area contributed by atoms with E-state index < -0.39 is 18.0 Å². The van der Waals surface area contributed by atoms with Gasteiger partial charge in [0.15, 0.2) is 6.10 Å². The molecule has 0 radical (unpaired) electrons. The fourth-order valence-electron chi connectivity index (χ4n) is 1.32. The lowest BCUT2D eigenvalue weighted by Crippen LogP contribution is -2.44. The van der Waals surface area contributed by atoms with Gasteiger partial charge >= 0.3 is 6.03 Å². The molecule has 6 heteroatoms. The molecule has 100 valence electrons. The van der Waals surface area contributed by atoms with Gasteiger partial charge in [-0.3, -0.25) is 10.1 Å². The second-order valence-corrected chi connectivity index (χ2v) is 3.92. The molecule has 0 fully saturated rings. The Balaban J connectivity index is 2.76. The molecule has 0 saturated carbocycles. The number of hydrogen-bond acceptors (Lipinski definition) is 4.